The number of hydrogen-bond acceptors (Lipinski definition) is 4. The van der Waals surface area contributed by atoms with Crippen LogP contribution < -0.4 is 0 Å². The maximum Gasteiger partial charge on any atom is 0.160 e. The highest BCUT2D eigenvalue weighted by molar-refractivity contribution is 8.14. The van der Waals surface area contributed by atoms with Crippen molar-refractivity contribution >= 4 is 16.9 Å². The van der Waals surface area contributed by atoms with E-state index in [1.54, 1.807) is 0 Å². The van der Waals surface area contributed by atoms with E-state index < -0.39 is 0 Å². The second-order valence-corrected chi connectivity index (χ2v) is 9.54. The molecule has 1 saturated heterocycles. The number of hydrogen-bond donors (Lipinski definition) is 0. The molecule has 1 aromatic carbocycles. The summed E-state index contributed by atoms with van der Waals surface area (Å²) in [6.45, 7) is 9.91. The highest BCUT2D eigenvalue weighted by atomic mass is 32.2. The summed E-state index contributed by atoms with van der Waals surface area (Å²) in [5, 5.41) is 1.74. The van der Waals surface area contributed by atoms with Crippen LogP contribution >= 0.6 is 11.8 Å². The molecule has 5 heteroatoms. The van der Waals surface area contributed by atoms with E-state index in [-0.39, 0.29) is 12.1 Å². The van der Waals surface area contributed by atoms with Gasteiger partial charge in [-0.05, 0) is 62.2 Å². The largest absolute Gasteiger partial charge is 0.341 e. The molecule has 1 fully saturated rings. The van der Waals surface area contributed by atoms with Crippen molar-refractivity contribution in [1.82, 2.24) is 14.5 Å². The van der Waals surface area contributed by atoms with Gasteiger partial charge < -0.3 is 9.47 Å². The predicted molar refractivity (Wildman–Crippen MR) is 121 cm³/mol. The number of aromatic nitrogens is 2. The predicted octanol–water partition coefficient (Wildman–Crippen LogP) is 5.39. The zero-order valence-electron chi connectivity index (χ0n) is 17.3. The van der Waals surface area contributed by atoms with Crippen LogP contribution in [-0.4, -0.2) is 31.4 Å². The van der Waals surface area contributed by atoms with E-state index in [1.807, 2.05) is 24.0 Å². The van der Waals surface area contributed by atoms with E-state index in [2.05, 4.69) is 84.6 Å². The van der Waals surface area contributed by atoms with Gasteiger partial charge in [-0.15, -0.1) is 0 Å². The summed E-state index contributed by atoms with van der Waals surface area (Å²) in [5.41, 5.74) is 7.46. The van der Waals surface area contributed by atoms with Crippen LogP contribution in [0.15, 0.2) is 59.7 Å². The molecule has 0 radical (unpaired) electrons. The maximum atomic E-state index is 5.13. The fourth-order valence-corrected chi connectivity index (χ4v) is 5.80. The minimum atomic E-state index is 0.0395. The Labute approximate surface area is 176 Å². The quantitative estimate of drug-likeness (QED) is 0.589. The molecule has 0 unspecified atom stereocenters. The van der Waals surface area contributed by atoms with Gasteiger partial charge in [0.25, 0.3) is 0 Å². The van der Waals surface area contributed by atoms with Crippen LogP contribution in [0.4, 0.5) is 0 Å². The highest BCUT2D eigenvalue weighted by Gasteiger charge is 2.44. The Bertz CT molecular complexity index is 1090. The molecule has 0 N–H and O–H groups in total. The van der Waals surface area contributed by atoms with Crippen LogP contribution in [0.5, 0.6) is 0 Å². The average molecular weight is 403 g/mol. The summed E-state index contributed by atoms with van der Waals surface area (Å²) in [6.07, 6.45) is 1.88. The van der Waals surface area contributed by atoms with Gasteiger partial charge in [-0.3, -0.25) is 9.98 Å². The molecule has 0 saturated carbocycles. The van der Waals surface area contributed by atoms with Gasteiger partial charge in [0.2, 0.25) is 0 Å². The Morgan fingerprint density at radius 1 is 1.03 bits per heavy atom. The molecule has 2 aromatic heterocycles. The van der Waals surface area contributed by atoms with Gasteiger partial charge in [-0.25, -0.2) is 0 Å². The summed E-state index contributed by atoms with van der Waals surface area (Å²) in [6, 6.07) is 17.5. The number of aliphatic imine (C=N–C) groups is 1. The van der Waals surface area contributed by atoms with E-state index in [9.17, 15) is 0 Å². The Morgan fingerprint density at radius 3 is 2.66 bits per heavy atom. The van der Waals surface area contributed by atoms with Crippen molar-refractivity contribution in [3.05, 3.63) is 82.9 Å². The molecule has 0 aliphatic carbocycles. The van der Waals surface area contributed by atoms with Crippen LogP contribution in [0.25, 0.3) is 5.69 Å². The molecule has 4 nitrogen and oxygen atoms in total. The fourth-order valence-electron chi connectivity index (χ4n) is 4.71. The molecule has 2 aliphatic heterocycles. The lowest BCUT2D eigenvalue weighted by atomic mass is 9.96. The third kappa shape index (κ3) is 3.08. The van der Waals surface area contributed by atoms with Crippen LogP contribution in [0.1, 0.15) is 47.2 Å². The molecule has 4 heterocycles. The number of benzene rings is 1. The Balaban J connectivity index is 1.63. The number of rotatable bonds is 3. The molecule has 5 rings (SSSR count). The van der Waals surface area contributed by atoms with Gasteiger partial charge in [-0.1, -0.05) is 36.9 Å². The molecule has 3 atom stereocenters. The molecular weight excluding hydrogens is 376 g/mol. The normalized spacial score (nSPS) is 23.4. The molecule has 148 valence electrons. The van der Waals surface area contributed by atoms with Crippen LogP contribution in [0, 0.1) is 20.8 Å². The molecule has 29 heavy (non-hydrogen) atoms. The lowest BCUT2D eigenvalue weighted by Gasteiger charge is -2.27. The number of nitrogens with zero attached hydrogens (tertiary/aromatic N) is 4. The first-order chi connectivity index (χ1) is 14.0. The molecule has 0 bridgehead atoms. The molecule has 2 aliphatic rings. The van der Waals surface area contributed by atoms with Gasteiger partial charge in [0.05, 0.1) is 11.7 Å². The topological polar surface area (TPSA) is 33.4 Å². The first-order valence-electron chi connectivity index (χ1n) is 10.2. The minimum absolute atomic E-state index is 0.0395. The van der Waals surface area contributed by atoms with Crippen molar-refractivity contribution < 1.29 is 0 Å². The van der Waals surface area contributed by atoms with Gasteiger partial charge >= 0.3 is 0 Å². The second kappa shape index (κ2) is 7.06. The third-order valence-electron chi connectivity index (χ3n) is 5.93. The average Bonchev–Trinajstić information content (AvgIpc) is 3.32. The Kier molecular flexibility index (Phi) is 4.50. The summed E-state index contributed by atoms with van der Waals surface area (Å²) in [4.78, 5) is 12.3. The second-order valence-electron chi connectivity index (χ2n) is 8.14. The van der Waals surface area contributed by atoms with E-state index in [1.165, 1.54) is 33.4 Å². The SMILES string of the molecule is Cc1cccc(-n2c(C)cc([C@H]3[C@@H](c4ccccn4)N=C4S[C@@H](C)CN43)c2C)c1. The number of aryl methyl sites for hydroxylation is 2. The van der Waals surface area contributed by atoms with E-state index in [4.69, 9.17) is 4.99 Å². The van der Waals surface area contributed by atoms with Gasteiger partial charge in [0.15, 0.2) is 5.17 Å². The summed E-state index contributed by atoms with van der Waals surface area (Å²) >= 11 is 1.89. The van der Waals surface area contributed by atoms with Crippen molar-refractivity contribution in [1.29, 1.82) is 0 Å². The fraction of sp³-hybridized carbons (Fsp3) is 0.333. The van der Waals surface area contributed by atoms with Gasteiger partial charge in [0.1, 0.15) is 6.04 Å². The number of fused-ring (bicyclic) bond motifs is 1. The highest BCUT2D eigenvalue weighted by Crippen LogP contribution is 2.48. The first kappa shape index (κ1) is 18.5. The van der Waals surface area contributed by atoms with E-state index >= 15 is 0 Å². The third-order valence-corrected chi connectivity index (χ3v) is 7.03. The summed E-state index contributed by atoms with van der Waals surface area (Å²) in [5.74, 6) is 0. The summed E-state index contributed by atoms with van der Waals surface area (Å²) in [7, 11) is 0. The molecule has 0 spiro atoms. The summed E-state index contributed by atoms with van der Waals surface area (Å²) < 4.78 is 2.38. The van der Waals surface area contributed by atoms with Crippen molar-refractivity contribution in [2.45, 2.75) is 45.0 Å². The van der Waals surface area contributed by atoms with Crippen molar-refractivity contribution in [3.63, 3.8) is 0 Å². The Hall–Kier alpha value is -2.53. The Morgan fingerprint density at radius 2 is 1.90 bits per heavy atom. The van der Waals surface area contributed by atoms with Crippen molar-refractivity contribution in [2.24, 2.45) is 4.99 Å². The van der Waals surface area contributed by atoms with Crippen LogP contribution in [-0.2, 0) is 0 Å². The monoisotopic (exact) mass is 402 g/mol. The zero-order valence-corrected chi connectivity index (χ0v) is 18.1. The zero-order chi connectivity index (χ0) is 20.1. The van der Waals surface area contributed by atoms with Crippen molar-refractivity contribution in [3.8, 4) is 5.69 Å². The maximum absolute atomic E-state index is 5.13. The molecular formula is C24H26N4S. The lowest BCUT2D eigenvalue weighted by Crippen LogP contribution is -2.28. The smallest absolute Gasteiger partial charge is 0.160 e. The molecule has 0 amide bonds. The van der Waals surface area contributed by atoms with Gasteiger partial charge in [-0.2, -0.15) is 0 Å². The number of amidine groups is 1. The standard InChI is InChI=1S/C24H26N4S/c1-15-8-7-9-19(12-15)28-16(2)13-20(18(28)4)23-22(21-10-5-6-11-25-21)26-24-27(23)14-17(3)29-24/h5-13,17,22-23H,14H2,1-4H3/t17-,22+,23-/m0/s1. The van der Waals surface area contributed by atoms with Crippen LogP contribution in [0.2, 0.25) is 0 Å². The first-order valence-corrected chi connectivity index (χ1v) is 11.1. The van der Waals surface area contributed by atoms with Crippen LogP contribution in [0.3, 0.4) is 0 Å². The molecule has 3 aromatic rings. The minimum Gasteiger partial charge on any atom is -0.341 e. The van der Waals surface area contributed by atoms with Gasteiger partial charge in [0, 0.05) is 35.1 Å². The van der Waals surface area contributed by atoms with E-state index in [0.29, 0.717) is 5.25 Å². The van der Waals surface area contributed by atoms with E-state index in [0.717, 1.165) is 12.2 Å². The number of thioether (sulfide) groups is 1. The van der Waals surface area contributed by atoms with Crippen molar-refractivity contribution in [2.75, 3.05) is 6.54 Å². The number of pyridine rings is 1. The lowest BCUT2D eigenvalue weighted by molar-refractivity contribution is 0.320.